The van der Waals surface area contributed by atoms with E-state index < -0.39 is 5.63 Å². The number of nitrogens with one attached hydrogen (secondary N) is 1. The number of hydrogen-bond acceptors (Lipinski definition) is 8. The van der Waals surface area contributed by atoms with E-state index in [-0.39, 0.29) is 5.75 Å². The third-order valence-corrected chi connectivity index (χ3v) is 4.57. The van der Waals surface area contributed by atoms with Gasteiger partial charge in [-0.3, -0.25) is 0 Å². The lowest BCUT2D eigenvalue weighted by molar-refractivity contribution is 0.415. The first-order valence-electron chi connectivity index (χ1n) is 7.64. The summed E-state index contributed by atoms with van der Waals surface area (Å²) < 4.78 is 10.5. The number of phenols is 1. The molecule has 0 amide bonds. The molecule has 0 saturated heterocycles. The van der Waals surface area contributed by atoms with Crippen LogP contribution < -0.4 is 15.7 Å². The molecular weight excluding hydrogens is 354 g/mol. The highest BCUT2D eigenvalue weighted by Gasteiger charge is 2.14. The standard InChI is InChI=1S/C18H13N3O4S/c1-24-13-4-2-3-11(8-13)19-18-21-20-16(26-18)14-7-10-5-6-12(22)9-15(10)25-17(14)23/h2-9,22H,1H3,(H,19,21). The third kappa shape index (κ3) is 3.09. The molecule has 2 N–H and O–H groups in total. The Bertz CT molecular complexity index is 1150. The zero-order valence-electron chi connectivity index (χ0n) is 13.6. The van der Waals surface area contributed by atoms with Crippen LogP contribution in [0, 0.1) is 0 Å². The summed E-state index contributed by atoms with van der Waals surface area (Å²) in [5.74, 6) is 0.757. The number of methoxy groups -OCH3 is 1. The monoisotopic (exact) mass is 367 g/mol. The van der Waals surface area contributed by atoms with Gasteiger partial charge in [-0.15, -0.1) is 10.2 Å². The first-order valence-corrected chi connectivity index (χ1v) is 8.46. The lowest BCUT2D eigenvalue weighted by Gasteiger charge is -2.04. The molecule has 0 atom stereocenters. The number of anilines is 2. The molecule has 4 rings (SSSR count). The Kier molecular flexibility index (Phi) is 4.02. The van der Waals surface area contributed by atoms with Crippen molar-refractivity contribution >= 4 is 33.1 Å². The molecule has 26 heavy (non-hydrogen) atoms. The second-order valence-electron chi connectivity index (χ2n) is 5.44. The zero-order chi connectivity index (χ0) is 18.1. The first kappa shape index (κ1) is 16.1. The van der Waals surface area contributed by atoms with E-state index in [1.54, 1.807) is 19.2 Å². The number of nitrogens with zero attached hydrogens (tertiary/aromatic N) is 2. The van der Waals surface area contributed by atoms with E-state index in [0.29, 0.717) is 26.7 Å². The second-order valence-corrected chi connectivity index (χ2v) is 6.42. The van der Waals surface area contributed by atoms with Crippen molar-refractivity contribution in [1.82, 2.24) is 10.2 Å². The third-order valence-electron chi connectivity index (χ3n) is 3.70. The van der Waals surface area contributed by atoms with E-state index in [0.717, 1.165) is 11.4 Å². The SMILES string of the molecule is COc1cccc(Nc2nnc(-c3cc4ccc(O)cc4oc3=O)s2)c1. The van der Waals surface area contributed by atoms with Crippen LogP contribution in [0.3, 0.4) is 0 Å². The molecule has 2 heterocycles. The Hall–Kier alpha value is -3.39. The summed E-state index contributed by atoms with van der Waals surface area (Å²) in [4.78, 5) is 12.2. The predicted octanol–water partition coefficient (Wildman–Crippen LogP) is 3.77. The summed E-state index contributed by atoms with van der Waals surface area (Å²) in [5.41, 5.74) is 0.901. The largest absolute Gasteiger partial charge is 0.508 e. The average molecular weight is 367 g/mol. The molecule has 0 aliphatic carbocycles. The van der Waals surface area contributed by atoms with Gasteiger partial charge in [0.2, 0.25) is 5.13 Å². The quantitative estimate of drug-likeness (QED) is 0.530. The molecule has 2 aromatic carbocycles. The van der Waals surface area contributed by atoms with Gasteiger partial charge in [-0.25, -0.2) is 4.79 Å². The van der Waals surface area contributed by atoms with Gasteiger partial charge in [0.1, 0.15) is 17.1 Å². The van der Waals surface area contributed by atoms with Gasteiger partial charge >= 0.3 is 5.63 Å². The normalized spacial score (nSPS) is 10.8. The number of aromatic hydroxyl groups is 1. The molecule has 4 aromatic rings. The van der Waals surface area contributed by atoms with Crippen LogP contribution >= 0.6 is 11.3 Å². The van der Waals surface area contributed by atoms with Gasteiger partial charge < -0.3 is 19.6 Å². The van der Waals surface area contributed by atoms with E-state index in [2.05, 4.69) is 15.5 Å². The van der Waals surface area contributed by atoms with E-state index in [1.165, 1.54) is 23.5 Å². The van der Waals surface area contributed by atoms with Crippen LogP contribution in [0.1, 0.15) is 0 Å². The highest BCUT2D eigenvalue weighted by atomic mass is 32.1. The van der Waals surface area contributed by atoms with Gasteiger partial charge in [0.15, 0.2) is 5.01 Å². The minimum Gasteiger partial charge on any atom is -0.508 e. The molecule has 0 saturated carbocycles. The molecule has 0 radical (unpaired) electrons. The van der Waals surface area contributed by atoms with Crippen LogP contribution in [0.15, 0.2) is 57.7 Å². The number of rotatable bonds is 4. The molecule has 8 heteroatoms. The Morgan fingerprint density at radius 1 is 1.15 bits per heavy atom. The van der Waals surface area contributed by atoms with E-state index >= 15 is 0 Å². The Morgan fingerprint density at radius 3 is 2.88 bits per heavy atom. The van der Waals surface area contributed by atoms with Crippen LogP contribution in [0.25, 0.3) is 21.5 Å². The van der Waals surface area contributed by atoms with Crippen molar-refractivity contribution < 1.29 is 14.3 Å². The van der Waals surface area contributed by atoms with Crippen molar-refractivity contribution in [3.63, 3.8) is 0 Å². The molecule has 2 aromatic heterocycles. The molecule has 130 valence electrons. The fraction of sp³-hybridized carbons (Fsp3) is 0.0556. The van der Waals surface area contributed by atoms with Crippen LogP contribution in [-0.4, -0.2) is 22.4 Å². The molecule has 7 nitrogen and oxygen atoms in total. The fourth-order valence-electron chi connectivity index (χ4n) is 2.46. The summed E-state index contributed by atoms with van der Waals surface area (Å²) >= 11 is 1.24. The minimum absolute atomic E-state index is 0.0362. The van der Waals surface area contributed by atoms with E-state index in [4.69, 9.17) is 9.15 Å². The van der Waals surface area contributed by atoms with Crippen molar-refractivity contribution in [3.05, 3.63) is 59.0 Å². The molecule has 0 fully saturated rings. The number of hydrogen-bond donors (Lipinski definition) is 2. The summed E-state index contributed by atoms with van der Waals surface area (Å²) in [6, 6.07) is 13.7. The Balaban J connectivity index is 1.67. The number of benzene rings is 2. The van der Waals surface area contributed by atoms with Crippen LogP contribution in [0.5, 0.6) is 11.5 Å². The van der Waals surface area contributed by atoms with Gasteiger partial charge in [0, 0.05) is 23.2 Å². The average Bonchev–Trinajstić information content (AvgIpc) is 3.09. The van der Waals surface area contributed by atoms with Gasteiger partial charge in [-0.2, -0.15) is 0 Å². The van der Waals surface area contributed by atoms with Crippen molar-refractivity contribution in [3.8, 4) is 22.1 Å². The molecule has 0 spiro atoms. The molecular formula is C18H13N3O4S. The fourth-order valence-corrected chi connectivity index (χ4v) is 3.22. The van der Waals surface area contributed by atoms with Crippen molar-refractivity contribution in [2.24, 2.45) is 0 Å². The molecule has 0 unspecified atom stereocenters. The Morgan fingerprint density at radius 2 is 2.04 bits per heavy atom. The minimum atomic E-state index is -0.535. The maximum atomic E-state index is 12.2. The predicted molar refractivity (Wildman–Crippen MR) is 99.3 cm³/mol. The van der Waals surface area contributed by atoms with Crippen LogP contribution in [0.2, 0.25) is 0 Å². The van der Waals surface area contributed by atoms with E-state index in [9.17, 15) is 9.90 Å². The summed E-state index contributed by atoms with van der Waals surface area (Å²) in [7, 11) is 1.60. The van der Waals surface area contributed by atoms with Crippen LogP contribution in [-0.2, 0) is 0 Å². The van der Waals surface area contributed by atoms with Gasteiger partial charge in [-0.05, 0) is 30.3 Å². The van der Waals surface area contributed by atoms with Crippen molar-refractivity contribution in [1.29, 1.82) is 0 Å². The molecule has 0 aliphatic heterocycles. The number of ether oxygens (including phenoxy) is 1. The van der Waals surface area contributed by atoms with Gasteiger partial charge in [0.05, 0.1) is 12.7 Å². The highest BCUT2D eigenvalue weighted by Crippen LogP contribution is 2.29. The summed E-state index contributed by atoms with van der Waals surface area (Å²) in [6.07, 6.45) is 0. The van der Waals surface area contributed by atoms with Crippen LogP contribution in [0.4, 0.5) is 10.8 Å². The summed E-state index contributed by atoms with van der Waals surface area (Å²) in [6.45, 7) is 0. The number of aromatic nitrogens is 2. The maximum Gasteiger partial charge on any atom is 0.346 e. The number of fused-ring (bicyclic) bond motifs is 1. The zero-order valence-corrected chi connectivity index (χ0v) is 14.4. The highest BCUT2D eigenvalue weighted by molar-refractivity contribution is 7.18. The molecule has 0 bridgehead atoms. The topological polar surface area (TPSA) is 97.5 Å². The summed E-state index contributed by atoms with van der Waals surface area (Å²) in [5, 5.41) is 22.4. The van der Waals surface area contributed by atoms with Crippen molar-refractivity contribution in [2.75, 3.05) is 12.4 Å². The lowest BCUT2D eigenvalue weighted by Crippen LogP contribution is -2.02. The molecule has 0 aliphatic rings. The maximum absolute atomic E-state index is 12.2. The van der Waals surface area contributed by atoms with Gasteiger partial charge in [0.25, 0.3) is 0 Å². The first-order chi connectivity index (χ1) is 12.6. The smallest absolute Gasteiger partial charge is 0.346 e. The van der Waals surface area contributed by atoms with Crippen molar-refractivity contribution in [2.45, 2.75) is 0 Å². The Labute approximate surface area is 151 Å². The van der Waals surface area contributed by atoms with E-state index in [1.807, 2.05) is 24.3 Å². The second kappa shape index (κ2) is 6.49. The number of phenolic OH excluding ortho intramolecular Hbond substituents is 1. The van der Waals surface area contributed by atoms with Gasteiger partial charge in [-0.1, -0.05) is 17.4 Å². The lowest BCUT2D eigenvalue weighted by atomic mass is 10.2.